The summed E-state index contributed by atoms with van der Waals surface area (Å²) in [7, 11) is 0. The Kier molecular flexibility index (Phi) is 4.66. The molecule has 94 valence electrons. The lowest BCUT2D eigenvalue weighted by atomic mass is 9.85. The van der Waals surface area contributed by atoms with E-state index in [-0.39, 0.29) is 0 Å². The molecule has 1 heterocycles. The minimum Gasteiger partial charge on any atom is -0.328 e. The summed E-state index contributed by atoms with van der Waals surface area (Å²) in [5.74, 6) is 0.879. The van der Waals surface area contributed by atoms with Crippen LogP contribution in [0.25, 0.3) is 0 Å². The predicted octanol–water partition coefficient (Wildman–Crippen LogP) is 2.77. The first-order valence-electron chi connectivity index (χ1n) is 7.25. The molecule has 1 saturated heterocycles. The minimum absolute atomic E-state index is 0.487. The Morgan fingerprint density at radius 3 is 2.75 bits per heavy atom. The molecule has 0 radical (unpaired) electrons. The second kappa shape index (κ2) is 6.02. The van der Waals surface area contributed by atoms with Gasteiger partial charge in [0, 0.05) is 18.6 Å². The van der Waals surface area contributed by atoms with Gasteiger partial charge in [0.15, 0.2) is 0 Å². The van der Waals surface area contributed by atoms with E-state index < -0.39 is 0 Å². The van der Waals surface area contributed by atoms with Crippen LogP contribution in [0.3, 0.4) is 0 Å². The van der Waals surface area contributed by atoms with Gasteiger partial charge in [0.1, 0.15) is 0 Å². The van der Waals surface area contributed by atoms with Crippen molar-refractivity contribution < 1.29 is 0 Å². The normalized spacial score (nSPS) is 38.2. The molecule has 2 nitrogen and oxygen atoms in total. The average Bonchev–Trinajstić information content (AvgIpc) is 2.45. The van der Waals surface area contributed by atoms with E-state index in [1.54, 1.807) is 0 Å². The van der Waals surface area contributed by atoms with E-state index in [0.717, 1.165) is 12.0 Å². The maximum absolute atomic E-state index is 6.08. The van der Waals surface area contributed by atoms with Gasteiger partial charge in [0.05, 0.1) is 0 Å². The van der Waals surface area contributed by atoms with Crippen molar-refractivity contribution in [2.24, 2.45) is 11.7 Å². The van der Waals surface area contributed by atoms with Crippen molar-refractivity contribution in [1.82, 2.24) is 4.90 Å². The lowest BCUT2D eigenvalue weighted by Gasteiger charge is -2.34. The van der Waals surface area contributed by atoms with E-state index in [9.17, 15) is 0 Å². The van der Waals surface area contributed by atoms with Crippen molar-refractivity contribution in [3.63, 3.8) is 0 Å². The van der Waals surface area contributed by atoms with Gasteiger partial charge >= 0.3 is 0 Å². The zero-order chi connectivity index (χ0) is 11.4. The van der Waals surface area contributed by atoms with Gasteiger partial charge in [-0.15, -0.1) is 0 Å². The summed E-state index contributed by atoms with van der Waals surface area (Å²) in [5, 5.41) is 0. The van der Waals surface area contributed by atoms with Crippen molar-refractivity contribution >= 4 is 0 Å². The van der Waals surface area contributed by atoms with Crippen molar-refractivity contribution in [2.75, 3.05) is 13.1 Å². The molecule has 2 N–H and O–H groups in total. The summed E-state index contributed by atoms with van der Waals surface area (Å²) in [6.45, 7) is 5.05. The second-order valence-corrected chi connectivity index (χ2v) is 5.99. The van der Waals surface area contributed by atoms with Crippen LogP contribution < -0.4 is 5.73 Å². The number of nitrogens with zero attached hydrogens (tertiary/aromatic N) is 1. The maximum Gasteiger partial charge on any atom is 0.00670 e. The van der Waals surface area contributed by atoms with Crippen molar-refractivity contribution in [3.05, 3.63) is 0 Å². The molecule has 1 aliphatic carbocycles. The Labute approximate surface area is 101 Å². The van der Waals surface area contributed by atoms with Crippen LogP contribution in [0.2, 0.25) is 0 Å². The fourth-order valence-electron chi connectivity index (χ4n) is 3.44. The van der Waals surface area contributed by atoms with E-state index in [1.165, 1.54) is 64.5 Å². The Bertz CT molecular complexity index is 205. The molecule has 0 amide bonds. The third kappa shape index (κ3) is 3.46. The molecule has 0 spiro atoms. The molecule has 1 aliphatic heterocycles. The molecule has 0 aromatic heterocycles. The van der Waals surface area contributed by atoms with Crippen molar-refractivity contribution in [2.45, 2.75) is 70.4 Å². The Balaban J connectivity index is 1.82. The molecule has 3 unspecified atom stereocenters. The van der Waals surface area contributed by atoms with E-state index in [4.69, 9.17) is 5.73 Å². The molecule has 16 heavy (non-hydrogen) atoms. The van der Waals surface area contributed by atoms with Crippen LogP contribution in [0.1, 0.15) is 58.3 Å². The molecule has 2 rings (SSSR count). The first kappa shape index (κ1) is 12.4. The number of rotatable bonds is 2. The highest BCUT2D eigenvalue weighted by Crippen LogP contribution is 2.26. The molecule has 2 aliphatic rings. The zero-order valence-electron chi connectivity index (χ0n) is 10.8. The fourth-order valence-corrected chi connectivity index (χ4v) is 3.44. The van der Waals surface area contributed by atoms with Gasteiger partial charge in [0.25, 0.3) is 0 Å². The number of nitrogens with two attached hydrogens (primary N) is 1. The molecular formula is C14H28N2. The highest BCUT2D eigenvalue weighted by atomic mass is 15.2. The minimum atomic E-state index is 0.487. The fraction of sp³-hybridized carbons (Fsp3) is 1.00. The van der Waals surface area contributed by atoms with Gasteiger partial charge in [-0.1, -0.05) is 19.3 Å². The monoisotopic (exact) mass is 224 g/mol. The van der Waals surface area contributed by atoms with Gasteiger partial charge in [-0.05, 0) is 51.5 Å². The maximum atomic E-state index is 6.08. The van der Waals surface area contributed by atoms with Gasteiger partial charge in [-0.3, -0.25) is 0 Å². The molecule has 0 aromatic rings. The molecule has 1 saturated carbocycles. The van der Waals surface area contributed by atoms with Crippen molar-refractivity contribution in [3.8, 4) is 0 Å². The Morgan fingerprint density at radius 2 is 1.94 bits per heavy atom. The van der Waals surface area contributed by atoms with Gasteiger partial charge < -0.3 is 10.6 Å². The topological polar surface area (TPSA) is 29.3 Å². The standard InChI is InChI=1S/C14H28N2/c1-12-6-3-2-4-9-16(12)11-13-7-5-8-14(15)10-13/h12-14H,2-11,15H2,1H3. The SMILES string of the molecule is CC1CCCCCN1CC1CCCC(N)C1. The van der Waals surface area contributed by atoms with Crippen LogP contribution in [0.5, 0.6) is 0 Å². The lowest BCUT2D eigenvalue weighted by molar-refractivity contribution is 0.155. The number of hydrogen-bond acceptors (Lipinski definition) is 2. The summed E-state index contributed by atoms with van der Waals surface area (Å²) in [4.78, 5) is 2.73. The molecule has 0 bridgehead atoms. The van der Waals surface area contributed by atoms with Crippen molar-refractivity contribution in [1.29, 1.82) is 0 Å². The van der Waals surface area contributed by atoms with E-state index in [0.29, 0.717) is 6.04 Å². The van der Waals surface area contributed by atoms with Crippen LogP contribution in [0.4, 0.5) is 0 Å². The van der Waals surface area contributed by atoms with Gasteiger partial charge in [-0.2, -0.15) is 0 Å². The molecule has 3 atom stereocenters. The first-order chi connectivity index (χ1) is 7.75. The van der Waals surface area contributed by atoms with Crippen LogP contribution >= 0.6 is 0 Å². The summed E-state index contributed by atoms with van der Waals surface area (Å²) in [5.41, 5.74) is 6.08. The summed E-state index contributed by atoms with van der Waals surface area (Å²) in [6, 6.07) is 1.29. The van der Waals surface area contributed by atoms with Gasteiger partial charge in [0.2, 0.25) is 0 Å². The average molecular weight is 224 g/mol. The Morgan fingerprint density at radius 1 is 1.06 bits per heavy atom. The highest BCUT2D eigenvalue weighted by Gasteiger charge is 2.24. The summed E-state index contributed by atoms with van der Waals surface area (Å²) < 4.78 is 0. The zero-order valence-corrected chi connectivity index (χ0v) is 10.8. The van der Waals surface area contributed by atoms with Crippen LogP contribution in [0, 0.1) is 5.92 Å². The predicted molar refractivity (Wildman–Crippen MR) is 69.4 cm³/mol. The molecule has 0 aromatic carbocycles. The largest absolute Gasteiger partial charge is 0.328 e. The Hall–Kier alpha value is -0.0800. The number of likely N-dealkylation sites (tertiary alicyclic amines) is 1. The molecule has 2 fully saturated rings. The second-order valence-electron chi connectivity index (χ2n) is 5.99. The quantitative estimate of drug-likeness (QED) is 0.781. The first-order valence-corrected chi connectivity index (χ1v) is 7.25. The lowest BCUT2D eigenvalue weighted by Crippen LogP contribution is -2.39. The van der Waals surface area contributed by atoms with Crippen LogP contribution in [-0.2, 0) is 0 Å². The summed E-state index contributed by atoms with van der Waals surface area (Å²) in [6.07, 6.45) is 11.0. The number of hydrogen-bond donors (Lipinski definition) is 1. The van der Waals surface area contributed by atoms with E-state index >= 15 is 0 Å². The van der Waals surface area contributed by atoms with Gasteiger partial charge in [-0.25, -0.2) is 0 Å². The highest BCUT2D eigenvalue weighted by molar-refractivity contribution is 4.80. The third-order valence-corrected chi connectivity index (χ3v) is 4.51. The molecule has 2 heteroatoms. The summed E-state index contributed by atoms with van der Waals surface area (Å²) >= 11 is 0. The molecular weight excluding hydrogens is 196 g/mol. The third-order valence-electron chi connectivity index (χ3n) is 4.51. The van der Waals surface area contributed by atoms with Crippen LogP contribution in [0.15, 0.2) is 0 Å². The van der Waals surface area contributed by atoms with Crippen LogP contribution in [-0.4, -0.2) is 30.1 Å². The van der Waals surface area contributed by atoms with E-state index in [2.05, 4.69) is 11.8 Å². The van der Waals surface area contributed by atoms with E-state index in [1.807, 2.05) is 0 Å². The smallest absolute Gasteiger partial charge is 0.00670 e.